The van der Waals surface area contributed by atoms with E-state index in [4.69, 9.17) is 0 Å². The number of carbonyl (C=O) groups is 1. The van der Waals surface area contributed by atoms with Crippen molar-refractivity contribution in [3.8, 4) is 11.8 Å². The summed E-state index contributed by atoms with van der Waals surface area (Å²) >= 11 is 4.04. The topological polar surface area (TPSA) is 44.1 Å². The SMILES string of the molecule is COC(=O)c1c(C#CCCS)cnn1C. The molecule has 0 aliphatic carbocycles. The van der Waals surface area contributed by atoms with Gasteiger partial charge in [-0.15, -0.1) is 0 Å². The molecule has 1 aromatic heterocycles. The van der Waals surface area contributed by atoms with Gasteiger partial charge in [0.25, 0.3) is 0 Å². The Labute approximate surface area is 94.0 Å². The maximum atomic E-state index is 11.4. The molecule has 0 unspecified atom stereocenters. The van der Waals surface area contributed by atoms with E-state index in [-0.39, 0.29) is 0 Å². The summed E-state index contributed by atoms with van der Waals surface area (Å²) in [6.07, 6.45) is 2.23. The molecule has 0 fully saturated rings. The summed E-state index contributed by atoms with van der Waals surface area (Å²) < 4.78 is 6.09. The molecular formula is C10H12N2O2S. The molecule has 15 heavy (non-hydrogen) atoms. The highest BCUT2D eigenvalue weighted by Crippen LogP contribution is 2.07. The van der Waals surface area contributed by atoms with Crippen molar-refractivity contribution in [2.24, 2.45) is 7.05 Å². The van der Waals surface area contributed by atoms with Crippen molar-refractivity contribution in [3.05, 3.63) is 17.5 Å². The Balaban J connectivity index is 3.00. The van der Waals surface area contributed by atoms with Gasteiger partial charge >= 0.3 is 5.97 Å². The minimum absolute atomic E-state index is 0.379. The number of nitrogens with zero attached hydrogens (tertiary/aromatic N) is 2. The number of rotatable bonds is 2. The fourth-order valence-electron chi connectivity index (χ4n) is 1.08. The number of ether oxygens (including phenoxy) is 1. The summed E-state index contributed by atoms with van der Waals surface area (Å²) in [4.78, 5) is 11.4. The zero-order valence-corrected chi connectivity index (χ0v) is 9.54. The lowest BCUT2D eigenvalue weighted by molar-refractivity contribution is 0.0588. The van der Waals surface area contributed by atoms with Gasteiger partial charge in [0.1, 0.15) is 0 Å². The second-order valence-corrected chi connectivity index (χ2v) is 3.24. The molecule has 4 nitrogen and oxygen atoms in total. The number of thiol groups is 1. The Morgan fingerprint density at radius 2 is 2.47 bits per heavy atom. The number of methoxy groups -OCH3 is 1. The molecule has 0 aromatic carbocycles. The zero-order valence-electron chi connectivity index (χ0n) is 8.65. The summed E-state index contributed by atoms with van der Waals surface area (Å²) in [5.74, 6) is 6.03. The van der Waals surface area contributed by atoms with Crippen LogP contribution in [0.1, 0.15) is 22.5 Å². The van der Waals surface area contributed by atoms with Gasteiger partial charge in [-0.3, -0.25) is 4.68 Å². The molecule has 0 aliphatic rings. The van der Waals surface area contributed by atoms with Gasteiger partial charge in [0.05, 0.1) is 18.9 Å². The van der Waals surface area contributed by atoms with E-state index in [9.17, 15) is 4.79 Å². The van der Waals surface area contributed by atoms with Gasteiger partial charge in [-0.2, -0.15) is 17.7 Å². The predicted octanol–water partition coefficient (Wildman–Crippen LogP) is 0.878. The molecule has 1 rings (SSSR count). The quantitative estimate of drug-likeness (QED) is 0.461. The van der Waals surface area contributed by atoms with Gasteiger partial charge in [-0.05, 0) is 0 Å². The Kier molecular flexibility index (Phi) is 4.25. The zero-order chi connectivity index (χ0) is 11.3. The number of carbonyl (C=O) groups excluding carboxylic acids is 1. The van der Waals surface area contributed by atoms with Crippen molar-refractivity contribution in [2.45, 2.75) is 6.42 Å². The van der Waals surface area contributed by atoms with Gasteiger partial charge in [0, 0.05) is 19.2 Å². The van der Waals surface area contributed by atoms with Gasteiger partial charge in [0.15, 0.2) is 5.69 Å². The van der Waals surface area contributed by atoms with Crippen molar-refractivity contribution in [1.29, 1.82) is 0 Å². The maximum absolute atomic E-state index is 11.4. The standard InChI is InChI=1S/C10H12N2O2S/c1-12-9(10(13)14-2)8(7-11-12)5-3-4-6-15/h7,15H,4,6H2,1-2H3. The van der Waals surface area contributed by atoms with E-state index in [1.54, 1.807) is 13.2 Å². The van der Waals surface area contributed by atoms with Crippen LogP contribution >= 0.6 is 12.6 Å². The highest BCUT2D eigenvalue weighted by Gasteiger charge is 2.15. The minimum Gasteiger partial charge on any atom is -0.464 e. The van der Waals surface area contributed by atoms with Gasteiger partial charge < -0.3 is 4.74 Å². The van der Waals surface area contributed by atoms with Gasteiger partial charge in [-0.1, -0.05) is 11.8 Å². The van der Waals surface area contributed by atoms with Crippen LogP contribution in [0, 0.1) is 11.8 Å². The average Bonchev–Trinajstić information content (AvgIpc) is 2.59. The third kappa shape index (κ3) is 2.77. The average molecular weight is 224 g/mol. The van der Waals surface area contributed by atoms with Crippen LogP contribution in [0.3, 0.4) is 0 Å². The lowest BCUT2D eigenvalue weighted by Gasteiger charge is -1.99. The predicted molar refractivity (Wildman–Crippen MR) is 59.9 cm³/mol. The molecule has 0 spiro atoms. The van der Waals surface area contributed by atoms with Crippen LogP contribution in [0.4, 0.5) is 0 Å². The molecule has 1 heterocycles. The van der Waals surface area contributed by atoms with E-state index in [1.807, 2.05) is 0 Å². The molecule has 0 amide bonds. The summed E-state index contributed by atoms with van der Waals surface area (Å²) in [5, 5.41) is 3.96. The van der Waals surface area contributed by atoms with Crippen LogP contribution in [-0.2, 0) is 11.8 Å². The minimum atomic E-state index is -0.426. The first kappa shape index (κ1) is 11.7. The van der Waals surface area contributed by atoms with Crippen molar-refractivity contribution in [3.63, 3.8) is 0 Å². The van der Waals surface area contributed by atoms with Crippen LogP contribution in [0.5, 0.6) is 0 Å². The van der Waals surface area contributed by atoms with Crippen LogP contribution < -0.4 is 0 Å². The fourth-order valence-corrected chi connectivity index (χ4v) is 1.19. The number of hydrogen-bond donors (Lipinski definition) is 1. The first-order valence-corrected chi connectivity index (χ1v) is 5.04. The van der Waals surface area contributed by atoms with E-state index in [0.29, 0.717) is 23.4 Å². The normalized spacial score (nSPS) is 9.27. The second kappa shape index (κ2) is 5.47. The van der Waals surface area contributed by atoms with E-state index in [0.717, 1.165) is 0 Å². The first-order chi connectivity index (χ1) is 7.20. The van der Waals surface area contributed by atoms with Crippen LogP contribution in [0.15, 0.2) is 6.20 Å². The van der Waals surface area contributed by atoms with Crippen LogP contribution in [0.2, 0.25) is 0 Å². The monoisotopic (exact) mass is 224 g/mol. The second-order valence-electron chi connectivity index (χ2n) is 2.80. The summed E-state index contributed by atoms with van der Waals surface area (Å²) in [5.41, 5.74) is 0.968. The lowest BCUT2D eigenvalue weighted by atomic mass is 10.2. The molecule has 0 aliphatic heterocycles. The molecule has 0 atom stereocenters. The number of hydrogen-bond acceptors (Lipinski definition) is 4. The van der Waals surface area contributed by atoms with E-state index in [1.165, 1.54) is 11.8 Å². The Morgan fingerprint density at radius 3 is 3.07 bits per heavy atom. The van der Waals surface area contributed by atoms with E-state index >= 15 is 0 Å². The largest absolute Gasteiger partial charge is 0.464 e. The number of aryl methyl sites for hydroxylation is 1. The molecule has 5 heteroatoms. The van der Waals surface area contributed by atoms with E-state index in [2.05, 4.69) is 34.3 Å². The fraction of sp³-hybridized carbons (Fsp3) is 0.400. The highest BCUT2D eigenvalue weighted by molar-refractivity contribution is 7.80. The first-order valence-electron chi connectivity index (χ1n) is 4.40. The molecule has 0 radical (unpaired) electrons. The highest BCUT2D eigenvalue weighted by atomic mass is 32.1. The molecule has 0 saturated carbocycles. The van der Waals surface area contributed by atoms with Crippen LogP contribution in [0.25, 0.3) is 0 Å². The van der Waals surface area contributed by atoms with Crippen molar-refractivity contribution < 1.29 is 9.53 Å². The molecular weight excluding hydrogens is 212 g/mol. The summed E-state index contributed by atoms with van der Waals surface area (Å²) in [6, 6.07) is 0. The number of aromatic nitrogens is 2. The summed E-state index contributed by atoms with van der Waals surface area (Å²) in [6.45, 7) is 0. The molecule has 0 N–H and O–H groups in total. The van der Waals surface area contributed by atoms with Crippen molar-refractivity contribution in [1.82, 2.24) is 9.78 Å². The molecule has 0 bridgehead atoms. The maximum Gasteiger partial charge on any atom is 0.357 e. The number of esters is 1. The Hall–Kier alpha value is -1.41. The third-order valence-corrected chi connectivity index (χ3v) is 2.00. The third-order valence-electron chi connectivity index (χ3n) is 1.78. The lowest BCUT2D eigenvalue weighted by Crippen LogP contribution is -2.09. The molecule has 80 valence electrons. The Morgan fingerprint density at radius 1 is 1.73 bits per heavy atom. The molecule has 1 aromatic rings. The smallest absolute Gasteiger partial charge is 0.357 e. The summed E-state index contributed by atoms with van der Waals surface area (Å²) in [7, 11) is 3.01. The van der Waals surface area contributed by atoms with Crippen molar-refractivity contribution in [2.75, 3.05) is 12.9 Å². The van der Waals surface area contributed by atoms with Crippen LogP contribution in [-0.4, -0.2) is 28.6 Å². The van der Waals surface area contributed by atoms with Gasteiger partial charge in [0.2, 0.25) is 0 Å². The van der Waals surface area contributed by atoms with E-state index < -0.39 is 5.97 Å². The Bertz CT molecular complexity index is 415. The van der Waals surface area contributed by atoms with Crippen molar-refractivity contribution >= 4 is 18.6 Å². The molecule has 0 saturated heterocycles. The van der Waals surface area contributed by atoms with Gasteiger partial charge in [-0.25, -0.2) is 4.79 Å².